The largest absolute Gasteiger partial charge is 0.468 e. The van der Waals surface area contributed by atoms with Gasteiger partial charge >= 0.3 is 0 Å². The third-order valence-electron chi connectivity index (χ3n) is 5.14. The number of rotatable bonds is 4. The van der Waals surface area contributed by atoms with Crippen LogP contribution in [0, 0.1) is 5.92 Å². The quantitative estimate of drug-likeness (QED) is 0.859. The van der Waals surface area contributed by atoms with E-state index in [4.69, 9.17) is 14.1 Å². The van der Waals surface area contributed by atoms with Gasteiger partial charge in [-0.1, -0.05) is 13.8 Å². The summed E-state index contributed by atoms with van der Waals surface area (Å²) in [5, 5.41) is 0. The van der Waals surface area contributed by atoms with Gasteiger partial charge in [0.2, 0.25) is 0 Å². The molecule has 0 saturated carbocycles. The number of likely N-dealkylation sites (tertiary alicyclic amines) is 1. The van der Waals surface area contributed by atoms with Crippen molar-refractivity contribution >= 4 is 0 Å². The first-order valence-electron chi connectivity index (χ1n) is 8.92. The summed E-state index contributed by atoms with van der Waals surface area (Å²) in [4.78, 5) is 11.5. The number of piperidine rings is 1. The molecular weight excluding hydrogens is 302 g/mol. The number of nitrogens with zero attached hydrogens (tertiary/aromatic N) is 3. The summed E-state index contributed by atoms with van der Waals surface area (Å²) in [5.41, 5.74) is 1.04. The van der Waals surface area contributed by atoms with E-state index in [1.807, 2.05) is 24.4 Å². The first-order chi connectivity index (χ1) is 11.7. The van der Waals surface area contributed by atoms with Crippen LogP contribution in [0.2, 0.25) is 0 Å². The molecule has 0 amide bonds. The maximum Gasteiger partial charge on any atom is 0.131 e. The Balaban J connectivity index is 1.41. The molecule has 0 unspecified atom stereocenters. The third kappa shape index (κ3) is 3.23. The van der Waals surface area contributed by atoms with Crippen molar-refractivity contribution in [2.24, 2.45) is 5.92 Å². The molecule has 5 nitrogen and oxygen atoms in total. The van der Waals surface area contributed by atoms with Crippen molar-refractivity contribution in [1.29, 1.82) is 0 Å². The first-order valence-corrected chi connectivity index (χ1v) is 8.92. The van der Waals surface area contributed by atoms with Crippen LogP contribution in [0.15, 0.2) is 35.1 Å². The van der Waals surface area contributed by atoms with Gasteiger partial charge in [-0.05, 0) is 43.5 Å². The highest BCUT2D eigenvalue weighted by molar-refractivity contribution is 5.10. The molecule has 0 aliphatic carbocycles. The molecule has 0 bridgehead atoms. The molecule has 24 heavy (non-hydrogen) atoms. The lowest BCUT2D eigenvalue weighted by atomic mass is 9.91. The van der Waals surface area contributed by atoms with Gasteiger partial charge in [-0.3, -0.25) is 4.90 Å². The van der Waals surface area contributed by atoms with Crippen molar-refractivity contribution in [3.63, 3.8) is 0 Å². The fraction of sp³-hybridized carbons (Fsp3) is 0.579. The minimum absolute atomic E-state index is 0.115. The lowest BCUT2D eigenvalue weighted by Crippen LogP contribution is -2.41. The molecule has 2 fully saturated rings. The summed E-state index contributed by atoms with van der Waals surface area (Å²) in [6.45, 7) is 7.21. The second-order valence-electron chi connectivity index (χ2n) is 7.26. The summed E-state index contributed by atoms with van der Waals surface area (Å²) in [5.74, 6) is 2.92. The average molecular weight is 327 g/mol. The van der Waals surface area contributed by atoms with Crippen LogP contribution in [-0.4, -0.2) is 34.1 Å². The molecule has 3 atom stereocenters. The molecule has 2 aromatic rings. The molecule has 5 heteroatoms. The van der Waals surface area contributed by atoms with Gasteiger partial charge in [-0.25, -0.2) is 9.97 Å². The van der Waals surface area contributed by atoms with Crippen molar-refractivity contribution < 1.29 is 9.15 Å². The van der Waals surface area contributed by atoms with Crippen LogP contribution < -0.4 is 0 Å². The molecule has 4 rings (SSSR count). The van der Waals surface area contributed by atoms with Gasteiger partial charge in [0.15, 0.2) is 0 Å². The highest BCUT2D eigenvalue weighted by Gasteiger charge is 2.40. The Morgan fingerprint density at radius 2 is 2.25 bits per heavy atom. The minimum atomic E-state index is 0.115. The molecule has 0 spiro atoms. The summed E-state index contributed by atoms with van der Waals surface area (Å²) in [7, 11) is 0. The molecule has 2 aromatic heterocycles. The third-order valence-corrected chi connectivity index (χ3v) is 5.14. The standard InChI is InChI=1S/C19H25N3O2/c1-13(2)19-20-7-5-16(21-19)17-10-14-6-8-22(12-18(14)24-17)11-15-4-3-9-23-15/h3-5,7,9,13-14,17-18H,6,8,10-12H2,1-2H3/t14-,17+,18+/m1/s1. The maximum atomic E-state index is 6.37. The van der Waals surface area contributed by atoms with Gasteiger partial charge in [-0.15, -0.1) is 0 Å². The van der Waals surface area contributed by atoms with Crippen molar-refractivity contribution in [3.05, 3.63) is 47.9 Å². The summed E-state index contributed by atoms with van der Waals surface area (Å²) in [6, 6.07) is 6.00. The molecule has 0 radical (unpaired) electrons. The molecular formula is C19H25N3O2. The monoisotopic (exact) mass is 327 g/mol. The fourth-order valence-electron chi connectivity index (χ4n) is 3.80. The maximum absolute atomic E-state index is 6.37. The van der Waals surface area contributed by atoms with Gasteiger partial charge < -0.3 is 9.15 Å². The zero-order chi connectivity index (χ0) is 16.5. The van der Waals surface area contributed by atoms with Gasteiger partial charge in [0, 0.05) is 18.7 Å². The minimum Gasteiger partial charge on any atom is -0.468 e. The van der Waals surface area contributed by atoms with E-state index in [2.05, 4.69) is 23.7 Å². The Bertz CT molecular complexity index is 671. The van der Waals surface area contributed by atoms with Crippen LogP contribution in [-0.2, 0) is 11.3 Å². The molecule has 2 saturated heterocycles. The number of furan rings is 1. The van der Waals surface area contributed by atoms with E-state index in [0.29, 0.717) is 17.9 Å². The molecule has 0 aromatic carbocycles. The normalized spacial score (nSPS) is 27.5. The second-order valence-corrected chi connectivity index (χ2v) is 7.26. The first kappa shape index (κ1) is 15.8. The van der Waals surface area contributed by atoms with E-state index < -0.39 is 0 Å². The Morgan fingerprint density at radius 1 is 1.33 bits per heavy atom. The predicted octanol–water partition coefficient (Wildman–Crippen LogP) is 3.55. The van der Waals surface area contributed by atoms with E-state index in [1.54, 1.807) is 6.26 Å². The highest BCUT2D eigenvalue weighted by Crippen LogP contribution is 2.40. The van der Waals surface area contributed by atoms with Crippen LogP contribution in [0.25, 0.3) is 0 Å². The Morgan fingerprint density at radius 3 is 3.04 bits per heavy atom. The molecule has 0 N–H and O–H groups in total. The van der Waals surface area contributed by atoms with Crippen molar-refractivity contribution in [2.75, 3.05) is 13.1 Å². The number of hydrogen-bond donors (Lipinski definition) is 0. The summed E-state index contributed by atoms with van der Waals surface area (Å²) in [6.07, 6.45) is 6.29. The number of aromatic nitrogens is 2. The average Bonchev–Trinajstić information content (AvgIpc) is 3.24. The Kier molecular flexibility index (Phi) is 4.37. The molecule has 4 heterocycles. The zero-order valence-electron chi connectivity index (χ0n) is 14.4. The van der Waals surface area contributed by atoms with E-state index in [9.17, 15) is 0 Å². The number of ether oxygens (including phenoxy) is 1. The lowest BCUT2D eigenvalue weighted by molar-refractivity contribution is -0.0120. The van der Waals surface area contributed by atoms with Crippen LogP contribution in [0.1, 0.15) is 56.0 Å². The summed E-state index contributed by atoms with van der Waals surface area (Å²) >= 11 is 0. The van der Waals surface area contributed by atoms with Gasteiger partial charge in [-0.2, -0.15) is 0 Å². The fourth-order valence-corrected chi connectivity index (χ4v) is 3.80. The summed E-state index contributed by atoms with van der Waals surface area (Å²) < 4.78 is 11.8. The van der Waals surface area contributed by atoms with Crippen LogP contribution in [0.4, 0.5) is 0 Å². The SMILES string of the molecule is CC(C)c1nccc([C@@H]2C[C@H]3CCN(Cc4ccco4)C[C@@H]3O2)n1. The van der Waals surface area contributed by atoms with E-state index in [1.165, 1.54) is 6.42 Å². The van der Waals surface area contributed by atoms with E-state index >= 15 is 0 Å². The highest BCUT2D eigenvalue weighted by atomic mass is 16.5. The number of fused-ring (bicyclic) bond motifs is 1. The van der Waals surface area contributed by atoms with E-state index in [0.717, 1.165) is 43.3 Å². The molecule has 2 aliphatic rings. The zero-order valence-corrected chi connectivity index (χ0v) is 14.4. The smallest absolute Gasteiger partial charge is 0.131 e. The predicted molar refractivity (Wildman–Crippen MR) is 90.4 cm³/mol. The molecule has 128 valence electrons. The van der Waals surface area contributed by atoms with Crippen LogP contribution >= 0.6 is 0 Å². The van der Waals surface area contributed by atoms with E-state index in [-0.39, 0.29) is 6.10 Å². The Labute approximate surface area is 143 Å². The Hall–Kier alpha value is -1.72. The van der Waals surface area contributed by atoms with Gasteiger partial charge in [0.1, 0.15) is 17.7 Å². The van der Waals surface area contributed by atoms with Gasteiger partial charge in [0.05, 0.1) is 24.6 Å². The van der Waals surface area contributed by atoms with Crippen molar-refractivity contribution in [1.82, 2.24) is 14.9 Å². The topological polar surface area (TPSA) is 51.4 Å². The van der Waals surface area contributed by atoms with Crippen LogP contribution in [0.5, 0.6) is 0 Å². The second kappa shape index (κ2) is 6.65. The van der Waals surface area contributed by atoms with Gasteiger partial charge in [0.25, 0.3) is 0 Å². The van der Waals surface area contributed by atoms with Crippen molar-refractivity contribution in [3.8, 4) is 0 Å². The number of hydrogen-bond acceptors (Lipinski definition) is 5. The lowest BCUT2D eigenvalue weighted by Gasteiger charge is -2.33. The molecule has 2 aliphatic heterocycles. The van der Waals surface area contributed by atoms with Crippen molar-refractivity contribution in [2.45, 2.75) is 51.4 Å². The van der Waals surface area contributed by atoms with Crippen LogP contribution in [0.3, 0.4) is 0 Å².